The first-order valence-corrected chi connectivity index (χ1v) is 8.56. The Labute approximate surface area is 141 Å². The molecule has 0 spiro atoms. The minimum atomic E-state index is -4.40. The van der Waals surface area contributed by atoms with Gasteiger partial charge < -0.3 is 0 Å². The molecule has 2 aromatic rings. The molecule has 0 bridgehead atoms. The second kappa shape index (κ2) is 6.90. The number of hydrogen-bond donors (Lipinski definition) is 1. The molecule has 0 fully saturated rings. The second-order valence-electron chi connectivity index (χ2n) is 5.34. The monoisotopic (exact) mass is 342 g/mol. The molecule has 6 heteroatoms. The van der Waals surface area contributed by atoms with Crippen molar-refractivity contribution in [2.45, 2.75) is 18.7 Å². The van der Waals surface area contributed by atoms with Gasteiger partial charge in [0.1, 0.15) is 4.90 Å². The maximum Gasteiger partial charge on any atom is 0.296 e. The summed E-state index contributed by atoms with van der Waals surface area (Å²) in [6.45, 7) is 10.9. The summed E-state index contributed by atoms with van der Waals surface area (Å²) in [6.07, 6.45) is 0. The van der Waals surface area contributed by atoms with E-state index in [1.165, 1.54) is 12.1 Å². The van der Waals surface area contributed by atoms with Crippen LogP contribution in [0.3, 0.4) is 0 Å². The molecule has 0 aliphatic heterocycles. The van der Waals surface area contributed by atoms with Gasteiger partial charge in [-0.2, -0.15) is 8.42 Å². The molecule has 2 aromatic carbocycles. The normalized spacial score (nSPS) is 12.0. The average molecular weight is 342 g/mol. The number of benzene rings is 2. The van der Waals surface area contributed by atoms with Crippen LogP contribution in [-0.4, -0.2) is 25.4 Å². The zero-order valence-corrected chi connectivity index (χ0v) is 14.3. The van der Waals surface area contributed by atoms with Crippen LogP contribution < -0.4 is 0 Å². The van der Waals surface area contributed by atoms with Gasteiger partial charge in [-0.15, -0.1) is 0 Å². The van der Waals surface area contributed by atoms with Gasteiger partial charge in [0, 0.05) is 5.71 Å². The van der Waals surface area contributed by atoms with E-state index >= 15 is 0 Å². The topological polar surface area (TPSA) is 79.1 Å². The van der Waals surface area contributed by atoms with Crippen molar-refractivity contribution in [1.82, 2.24) is 0 Å². The third-order valence-corrected chi connectivity index (χ3v) is 4.37. The molecule has 0 aromatic heterocycles. The van der Waals surface area contributed by atoms with Crippen molar-refractivity contribution in [3.05, 3.63) is 60.2 Å². The largest absolute Gasteiger partial charge is 0.296 e. The van der Waals surface area contributed by atoms with E-state index in [0.29, 0.717) is 11.4 Å². The molecule has 0 heterocycles. The Bertz CT molecular complexity index is 927. The van der Waals surface area contributed by atoms with Crippen LogP contribution >= 0.6 is 0 Å². The lowest BCUT2D eigenvalue weighted by atomic mass is 10.0. The third-order valence-electron chi connectivity index (χ3n) is 3.48. The zero-order valence-electron chi connectivity index (χ0n) is 13.5. The number of hydrogen-bond acceptors (Lipinski definition) is 4. The molecule has 24 heavy (non-hydrogen) atoms. The van der Waals surface area contributed by atoms with Gasteiger partial charge in [-0.25, -0.2) is 0 Å². The summed E-state index contributed by atoms with van der Waals surface area (Å²) in [5.74, 6) is 0. The van der Waals surface area contributed by atoms with E-state index in [4.69, 9.17) is 0 Å². The van der Waals surface area contributed by atoms with Crippen LogP contribution in [0.5, 0.6) is 0 Å². The van der Waals surface area contributed by atoms with Crippen LogP contribution in [0.4, 0.5) is 11.4 Å². The molecule has 0 saturated carbocycles. The van der Waals surface area contributed by atoms with Gasteiger partial charge >= 0.3 is 0 Å². The summed E-state index contributed by atoms with van der Waals surface area (Å²) >= 11 is 0. The standard InChI is InChI=1S/C18H18N2O3S/c1-12(2)14-5-7-15(8-6-14)13(3)20-16-9-10-17(19-4)18(11-16)24(21,22)23/h5-11H,1,4H2,2-3H3,(H,21,22,23). The van der Waals surface area contributed by atoms with E-state index in [2.05, 4.69) is 23.3 Å². The van der Waals surface area contributed by atoms with Gasteiger partial charge in [0.25, 0.3) is 10.1 Å². The fourth-order valence-corrected chi connectivity index (χ4v) is 2.83. The van der Waals surface area contributed by atoms with Crippen LogP contribution in [0.2, 0.25) is 0 Å². The molecular formula is C18H18N2O3S. The average Bonchev–Trinajstić information content (AvgIpc) is 2.54. The number of rotatable bonds is 5. The van der Waals surface area contributed by atoms with Gasteiger partial charge in [-0.05, 0) is 49.9 Å². The lowest BCUT2D eigenvalue weighted by Crippen LogP contribution is -1.99. The Morgan fingerprint density at radius 2 is 1.62 bits per heavy atom. The van der Waals surface area contributed by atoms with Crippen molar-refractivity contribution in [3.63, 3.8) is 0 Å². The molecule has 1 N–H and O–H groups in total. The fourth-order valence-electron chi connectivity index (χ4n) is 2.16. The minimum Gasteiger partial charge on any atom is -0.282 e. The Hall–Kier alpha value is -2.57. The highest BCUT2D eigenvalue weighted by Crippen LogP contribution is 2.29. The van der Waals surface area contributed by atoms with Gasteiger partial charge in [0.2, 0.25) is 0 Å². The number of allylic oxidation sites excluding steroid dienone is 1. The lowest BCUT2D eigenvalue weighted by molar-refractivity contribution is 0.483. The smallest absolute Gasteiger partial charge is 0.282 e. The van der Waals surface area contributed by atoms with Crippen molar-refractivity contribution < 1.29 is 13.0 Å². The molecule has 2 rings (SSSR count). The molecular weight excluding hydrogens is 324 g/mol. The summed E-state index contributed by atoms with van der Waals surface area (Å²) in [6, 6.07) is 12.1. The predicted molar refractivity (Wildman–Crippen MR) is 98.5 cm³/mol. The van der Waals surface area contributed by atoms with E-state index in [1.54, 1.807) is 6.07 Å². The van der Waals surface area contributed by atoms with Crippen LogP contribution in [-0.2, 0) is 10.1 Å². The molecule has 5 nitrogen and oxygen atoms in total. The van der Waals surface area contributed by atoms with Gasteiger partial charge in [0.05, 0.1) is 11.4 Å². The number of aliphatic imine (C=N–C) groups is 2. The molecule has 124 valence electrons. The van der Waals surface area contributed by atoms with Crippen molar-refractivity contribution in [1.29, 1.82) is 0 Å². The molecule has 0 aliphatic carbocycles. The van der Waals surface area contributed by atoms with Crippen molar-refractivity contribution in [2.75, 3.05) is 0 Å². The summed E-state index contributed by atoms with van der Waals surface area (Å²) < 4.78 is 32.2. The predicted octanol–water partition coefficient (Wildman–Crippen LogP) is 4.44. The summed E-state index contributed by atoms with van der Waals surface area (Å²) in [7, 11) is -4.40. The van der Waals surface area contributed by atoms with Crippen molar-refractivity contribution >= 4 is 39.5 Å². The zero-order chi connectivity index (χ0) is 17.9. The number of nitrogens with zero attached hydrogens (tertiary/aromatic N) is 2. The molecule has 0 aliphatic rings. The quantitative estimate of drug-likeness (QED) is 0.644. The van der Waals surface area contributed by atoms with Gasteiger partial charge in [-0.1, -0.05) is 36.4 Å². The molecule has 0 radical (unpaired) electrons. The molecule has 0 amide bonds. The van der Waals surface area contributed by atoms with E-state index in [9.17, 15) is 13.0 Å². The summed E-state index contributed by atoms with van der Waals surface area (Å²) in [5.41, 5.74) is 4.11. The maximum absolute atomic E-state index is 11.4. The molecule has 0 saturated heterocycles. The van der Waals surface area contributed by atoms with E-state index < -0.39 is 10.1 Å². The minimum absolute atomic E-state index is 0.0833. The Morgan fingerprint density at radius 1 is 1.04 bits per heavy atom. The highest BCUT2D eigenvalue weighted by molar-refractivity contribution is 7.86. The molecule has 0 atom stereocenters. The maximum atomic E-state index is 11.4. The SMILES string of the molecule is C=Nc1ccc(N=C(C)c2ccc(C(=C)C)cc2)cc1S(=O)(=O)O. The van der Waals surface area contributed by atoms with E-state index in [-0.39, 0.29) is 10.6 Å². The lowest BCUT2D eigenvalue weighted by Gasteiger charge is -2.06. The van der Waals surface area contributed by atoms with Gasteiger partial charge in [0.15, 0.2) is 0 Å². The Morgan fingerprint density at radius 3 is 2.12 bits per heavy atom. The first-order valence-electron chi connectivity index (χ1n) is 7.12. The summed E-state index contributed by atoms with van der Waals surface area (Å²) in [5, 5.41) is 0. The van der Waals surface area contributed by atoms with Crippen LogP contribution in [0.25, 0.3) is 5.57 Å². The first-order chi connectivity index (χ1) is 11.2. The Kier molecular flexibility index (Phi) is 5.11. The molecule has 0 unspecified atom stereocenters. The summed E-state index contributed by atoms with van der Waals surface area (Å²) in [4.78, 5) is 7.69. The van der Waals surface area contributed by atoms with Crippen LogP contribution in [0.1, 0.15) is 25.0 Å². The van der Waals surface area contributed by atoms with Gasteiger partial charge in [-0.3, -0.25) is 14.5 Å². The van der Waals surface area contributed by atoms with E-state index in [0.717, 1.165) is 16.7 Å². The Balaban J connectivity index is 2.43. The highest BCUT2D eigenvalue weighted by atomic mass is 32.2. The van der Waals surface area contributed by atoms with Crippen LogP contribution in [0.15, 0.2) is 63.9 Å². The van der Waals surface area contributed by atoms with Crippen LogP contribution in [0, 0.1) is 0 Å². The third kappa shape index (κ3) is 4.04. The fraction of sp³-hybridized carbons (Fsp3) is 0.111. The van der Waals surface area contributed by atoms with E-state index in [1.807, 2.05) is 38.1 Å². The van der Waals surface area contributed by atoms with Crippen molar-refractivity contribution in [3.8, 4) is 0 Å². The highest BCUT2D eigenvalue weighted by Gasteiger charge is 2.15. The van der Waals surface area contributed by atoms with Crippen molar-refractivity contribution in [2.24, 2.45) is 9.98 Å². The first kappa shape index (κ1) is 17.8. The second-order valence-corrected chi connectivity index (χ2v) is 6.73.